The Balaban J connectivity index is 2.54. The Labute approximate surface area is 88.1 Å². The van der Waals surface area contributed by atoms with Crippen LogP contribution in [0.5, 0.6) is 0 Å². The smallest absolute Gasteiger partial charge is 0.324 e. The van der Waals surface area contributed by atoms with Crippen LogP contribution in [0.4, 0.5) is 13.2 Å². The van der Waals surface area contributed by atoms with E-state index in [9.17, 15) is 13.2 Å². The molecule has 5 nitrogen and oxygen atoms in total. The number of alkyl halides is 3. The number of nitrogens with two attached hydrogens (primary N) is 1. The van der Waals surface area contributed by atoms with Crippen molar-refractivity contribution >= 4 is 5.78 Å². The summed E-state index contributed by atoms with van der Waals surface area (Å²) in [5.41, 5.74) is 6.16. The Kier molecular flexibility index (Phi) is 2.30. The molecule has 2 rings (SSSR count). The molecule has 0 aliphatic carbocycles. The fourth-order valence-electron chi connectivity index (χ4n) is 1.15. The van der Waals surface area contributed by atoms with Crippen molar-refractivity contribution in [2.75, 3.05) is 0 Å². The Hall–Kier alpha value is -1.70. The highest BCUT2D eigenvalue weighted by atomic mass is 19.4. The molecule has 1 unspecified atom stereocenters. The first-order valence-corrected chi connectivity index (χ1v) is 4.43. The average Bonchev–Trinajstić information content (AvgIpc) is 2.58. The fourth-order valence-corrected chi connectivity index (χ4v) is 1.15. The number of hydrogen-bond donors (Lipinski definition) is 1. The normalized spacial score (nSPS) is 14.3. The van der Waals surface area contributed by atoms with Gasteiger partial charge < -0.3 is 5.73 Å². The molecule has 0 bridgehead atoms. The van der Waals surface area contributed by atoms with Crippen LogP contribution in [0.1, 0.15) is 24.4 Å². The molecular weight excluding hydrogens is 223 g/mol. The van der Waals surface area contributed by atoms with Gasteiger partial charge in [0, 0.05) is 24.0 Å². The summed E-state index contributed by atoms with van der Waals surface area (Å²) in [6.07, 6.45) is -1.80. The van der Waals surface area contributed by atoms with Gasteiger partial charge in [0.1, 0.15) is 0 Å². The van der Waals surface area contributed by atoms with Crippen LogP contribution >= 0.6 is 0 Å². The molecule has 2 heterocycles. The third kappa shape index (κ3) is 1.83. The van der Waals surface area contributed by atoms with E-state index in [1.807, 2.05) is 0 Å². The van der Waals surface area contributed by atoms with Crippen molar-refractivity contribution in [3.8, 4) is 0 Å². The lowest BCUT2D eigenvalue weighted by Crippen LogP contribution is -2.08. The van der Waals surface area contributed by atoms with Crippen LogP contribution < -0.4 is 5.73 Å². The van der Waals surface area contributed by atoms with Crippen LogP contribution in [0.2, 0.25) is 0 Å². The molecule has 1 atom stereocenters. The highest BCUT2D eigenvalue weighted by Crippen LogP contribution is 2.26. The molecule has 86 valence electrons. The van der Waals surface area contributed by atoms with E-state index in [2.05, 4.69) is 15.1 Å². The molecule has 0 fully saturated rings. The molecule has 0 amide bonds. The Bertz CT molecular complexity index is 516. The number of nitrogens with zero attached hydrogens (tertiary/aromatic N) is 4. The van der Waals surface area contributed by atoms with Crippen LogP contribution in [0, 0.1) is 0 Å². The molecule has 0 aromatic carbocycles. The number of halogens is 3. The second kappa shape index (κ2) is 3.41. The Morgan fingerprint density at radius 1 is 1.44 bits per heavy atom. The molecule has 0 spiro atoms. The quantitative estimate of drug-likeness (QED) is 0.799. The molecule has 0 aliphatic heterocycles. The van der Waals surface area contributed by atoms with E-state index in [0.29, 0.717) is 5.56 Å². The van der Waals surface area contributed by atoms with Gasteiger partial charge in [0.2, 0.25) is 0 Å². The Morgan fingerprint density at radius 2 is 2.12 bits per heavy atom. The zero-order chi connectivity index (χ0) is 11.9. The van der Waals surface area contributed by atoms with E-state index in [1.54, 1.807) is 6.92 Å². The van der Waals surface area contributed by atoms with Gasteiger partial charge in [-0.15, -0.1) is 5.10 Å². The fraction of sp³-hybridized carbons (Fsp3) is 0.375. The molecule has 0 saturated carbocycles. The lowest BCUT2D eigenvalue weighted by molar-refractivity contribution is -0.144. The maximum Gasteiger partial charge on any atom is 0.453 e. The predicted molar refractivity (Wildman–Crippen MR) is 48.4 cm³/mol. The maximum absolute atomic E-state index is 12.3. The lowest BCUT2D eigenvalue weighted by Gasteiger charge is -2.03. The molecule has 2 aromatic rings. The molecule has 0 radical (unpaired) electrons. The third-order valence-corrected chi connectivity index (χ3v) is 1.99. The van der Waals surface area contributed by atoms with Crippen molar-refractivity contribution in [1.82, 2.24) is 19.6 Å². The number of fused-ring (bicyclic) bond motifs is 1. The molecule has 0 saturated heterocycles. The monoisotopic (exact) mass is 231 g/mol. The zero-order valence-electron chi connectivity index (χ0n) is 8.23. The van der Waals surface area contributed by atoms with Crippen molar-refractivity contribution in [3.63, 3.8) is 0 Å². The van der Waals surface area contributed by atoms with Crippen LogP contribution in [0.25, 0.3) is 5.78 Å². The van der Waals surface area contributed by atoms with Crippen molar-refractivity contribution < 1.29 is 13.2 Å². The minimum absolute atomic E-state index is 0.100. The minimum atomic E-state index is -4.57. The first kappa shape index (κ1) is 10.8. The Morgan fingerprint density at radius 3 is 2.69 bits per heavy atom. The summed E-state index contributed by atoms with van der Waals surface area (Å²) in [4.78, 5) is 7.01. The molecule has 0 aliphatic rings. The van der Waals surface area contributed by atoms with E-state index in [4.69, 9.17) is 5.73 Å². The maximum atomic E-state index is 12.3. The summed E-state index contributed by atoms with van der Waals surface area (Å²) in [6, 6.07) is -0.324. The van der Waals surface area contributed by atoms with Crippen molar-refractivity contribution in [2.24, 2.45) is 5.73 Å². The average molecular weight is 231 g/mol. The van der Waals surface area contributed by atoms with Crippen LogP contribution in [-0.4, -0.2) is 19.6 Å². The SMILES string of the molecule is CC(N)c1cnc2nc(C(F)(F)F)nn2c1. The van der Waals surface area contributed by atoms with Gasteiger partial charge in [-0.3, -0.25) is 0 Å². The van der Waals surface area contributed by atoms with E-state index in [0.717, 1.165) is 4.52 Å². The van der Waals surface area contributed by atoms with Gasteiger partial charge in [-0.1, -0.05) is 0 Å². The summed E-state index contributed by atoms with van der Waals surface area (Å²) in [6.45, 7) is 1.70. The van der Waals surface area contributed by atoms with Crippen molar-refractivity contribution in [3.05, 3.63) is 23.8 Å². The second-order valence-electron chi connectivity index (χ2n) is 3.35. The van der Waals surface area contributed by atoms with E-state index < -0.39 is 12.0 Å². The molecule has 8 heteroatoms. The van der Waals surface area contributed by atoms with Crippen LogP contribution in [-0.2, 0) is 6.18 Å². The van der Waals surface area contributed by atoms with Crippen LogP contribution in [0.15, 0.2) is 12.4 Å². The van der Waals surface area contributed by atoms with Crippen molar-refractivity contribution in [2.45, 2.75) is 19.1 Å². The number of rotatable bonds is 1. The first-order chi connectivity index (χ1) is 7.38. The minimum Gasteiger partial charge on any atom is -0.324 e. The first-order valence-electron chi connectivity index (χ1n) is 4.43. The highest BCUT2D eigenvalue weighted by molar-refractivity contribution is 5.29. The molecule has 2 N–H and O–H groups in total. The van der Waals surface area contributed by atoms with Gasteiger partial charge in [-0.2, -0.15) is 18.2 Å². The molecule has 16 heavy (non-hydrogen) atoms. The third-order valence-electron chi connectivity index (χ3n) is 1.99. The standard InChI is InChI=1S/C8H8F3N5/c1-4(12)5-2-13-7-14-6(8(9,10)11)15-16(7)3-5/h2-4H,12H2,1H3. The van der Waals surface area contributed by atoms with Crippen LogP contribution in [0.3, 0.4) is 0 Å². The number of hydrogen-bond acceptors (Lipinski definition) is 4. The van der Waals surface area contributed by atoms with E-state index >= 15 is 0 Å². The summed E-state index contributed by atoms with van der Waals surface area (Å²) >= 11 is 0. The summed E-state index contributed by atoms with van der Waals surface area (Å²) in [5.74, 6) is -1.31. The van der Waals surface area contributed by atoms with Gasteiger partial charge in [-0.05, 0) is 6.92 Å². The van der Waals surface area contributed by atoms with Gasteiger partial charge in [0.05, 0.1) is 0 Å². The summed E-state index contributed by atoms with van der Waals surface area (Å²) in [5, 5.41) is 3.29. The largest absolute Gasteiger partial charge is 0.453 e. The van der Waals surface area contributed by atoms with Gasteiger partial charge in [-0.25, -0.2) is 9.50 Å². The van der Waals surface area contributed by atoms with Gasteiger partial charge >= 0.3 is 6.18 Å². The number of aromatic nitrogens is 4. The predicted octanol–water partition coefficient (Wildman–Crippen LogP) is 1.16. The van der Waals surface area contributed by atoms with Gasteiger partial charge in [0.15, 0.2) is 0 Å². The summed E-state index contributed by atoms with van der Waals surface area (Å²) < 4.78 is 37.9. The second-order valence-corrected chi connectivity index (χ2v) is 3.35. The molecular formula is C8H8F3N5. The highest BCUT2D eigenvalue weighted by Gasteiger charge is 2.36. The molecule has 2 aromatic heterocycles. The van der Waals surface area contributed by atoms with Gasteiger partial charge in [0.25, 0.3) is 11.6 Å². The lowest BCUT2D eigenvalue weighted by atomic mass is 10.2. The topological polar surface area (TPSA) is 69.1 Å². The zero-order valence-corrected chi connectivity index (χ0v) is 8.23. The van der Waals surface area contributed by atoms with E-state index in [1.165, 1.54) is 12.4 Å². The van der Waals surface area contributed by atoms with E-state index in [-0.39, 0.29) is 11.8 Å². The van der Waals surface area contributed by atoms with Crippen molar-refractivity contribution in [1.29, 1.82) is 0 Å². The summed E-state index contributed by atoms with van der Waals surface area (Å²) in [7, 11) is 0.